The monoisotopic (exact) mass is 349 g/mol. The Morgan fingerprint density at radius 1 is 1.25 bits per heavy atom. The lowest BCUT2D eigenvalue weighted by atomic mass is 10.2. The third-order valence-electron chi connectivity index (χ3n) is 4.00. The Bertz CT molecular complexity index is 823. The Morgan fingerprint density at radius 3 is 2.54 bits per heavy atom. The van der Waals surface area contributed by atoms with Crippen LogP contribution in [0, 0.1) is 0 Å². The van der Waals surface area contributed by atoms with Gasteiger partial charge in [-0.15, -0.1) is 10.2 Å². The van der Waals surface area contributed by atoms with Gasteiger partial charge in [-0.25, -0.2) is 8.42 Å². The summed E-state index contributed by atoms with van der Waals surface area (Å²) in [6, 6.07) is 6.49. The number of aromatic nitrogens is 4. The van der Waals surface area contributed by atoms with Crippen molar-refractivity contribution in [3.8, 4) is 11.4 Å². The predicted octanol–water partition coefficient (Wildman–Crippen LogP) is 0.802. The first-order chi connectivity index (χ1) is 11.4. The van der Waals surface area contributed by atoms with Crippen molar-refractivity contribution >= 4 is 15.7 Å². The molecule has 1 N–H and O–H groups in total. The molecule has 8 nitrogen and oxygen atoms in total. The van der Waals surface area contributed by atoms with Crippen LogP contribution < -0.4 is 5.32 Å². The first kappa shape index (κ1) is 16.6. The van der Waals surface area contributed by atoms with E-state index >= 15 is 0 Å². The largest absolute Gasteiger partial charge is 0.352 e. The summed E-state index contributed by atoms with van der Waals surface area (Å²) in [5.41, 5.74) is 0.643. The molecule has 1 aliphatic carbocycles. The predicted molar refractivity (Wildman–Crippen MR) is 86.8 cm³/mol. The van der Waals surface area contributed by atoms with Crippen molar-refractivity contribution in [3.05, 3.63) is 24.3 Å². The zero-order chi connectivity index (χ0) is 17.2. The van der Waals surface area contributed by atoms with Crippen LogP contribution in [-0.2, 0) is 21.2 Å². The van der Waals surface area contributed by atoms with E-state index in [1.54, 1.807) is 12.1 Å². The highest BCUT2D eigenvalue weighted by molar-refractivity contribution is 7.90. The number of rotatable bonds is 5. The molecule has 0 unspecified atom stereocenters. The molecule has 1 aromatic heterocycles. The van der Waals surface area contributed by atoms with Crippen molar-refractivity contribution in [2.75, 3.05) is 6.26 Å². The summed E-state index contributed by atoms with van der Waals surface area (Å²) in [4.78, 5) is 13.4. The van der Waals surface area contributed by atoms with Crippen LogP contribution in [0.4, 0.5) is 0 Å². The van der Waals surface area contributed by atoms with Crippen LogP contribution >= 0.6 is 0 Å². The molecule has 1 aliphatic rings. The van der Waals surface area contributed by atoms with E-state index in [0.717, 1.165) is 31.9 Å². The number of amides is 1. The summed E-state index contributed by atoms with van der Waals surface area (Å²) in [6.45, 7) is 0.0188. The SMILES string of the molecule is CS(=O)(=O)c1ccc(-c2nnn(CC(=O)NC3CCCC3)n2)cc1. The molecule has 1 saturated carbocycles. The second-order valence-electron chi connectivity index (χ2n) is 5.99. The van der Waals surface area contributed by atoms with Crippen molar-refractivity contribution in [3.63, 3.8) is 0 Å². The number of benzene rings is 1. The fourth-order valence-corrected chi connectivity index (χ4v) is 3.38. The number of carbonyl (C=O) groups is 1. The van der Waals surface area contributed by atoms with Gasteiger partial charge in [-0.1, -0.05) is 12.8 Å². The fraction of sp³-hybridized carbons (Fsp3) is 0.467. The van der Waals surface area contributed by atoms with Crippen molar-refractivity contribution in [1.82, 2.24) is 25.5 Å². The van der Waals surface area contributed by atoms with Crippen molar-refractivity contribution in [2.45, 2.75) is 43.2 Å². The second kappa shape index (κ2) is 6.68. The third kappa shape index (κ3) is 3.97. The number of nitrogens with zero attached hydrogens (tertiary/aromatic N) is 4. The molecular formula is C15H19N5O3S. The molecule has 1 fully saturated rings. The van der Waals surface area contributed by atoms with Crippen LogP contribution in [0.1, 0.15) is 25.7 Å². The minimum atomic E-state index is -3.24. The zero-order valence-corrected chi connectivity index (χ0v) is 14.2. The van der Waals surface area contributed by atoms with Crippen LogP contribution in [0.25, 0.3) is 11.4 Å². The topological polar surface area (TPSA) is 107 Å². The molecule has 0 spiro atoms. The minimum Gasteiger partial charge on any atom is -0.352 e. The van der Waals surface area contributed by atoms with Crippen LogP contribution in [-0.4, -0.2) is 46.8 Å². The quantitative estimate of drug-likeness (QED) is 0.856. The molecule has 0 atom stereocenters. The maximum atomic E-state index is 12.0. The number of carbonyl (C=O) groups excluding carboxylic acids is 1. The highest BCUT2D eigenvalue weighted by Crippen LogP contribution is 2.18. The van der Waals surface area contributed by atoms with Gasteiger partial charge in [-0.05, 0) is 42.3 Å². The Balaban J connectivity index is 1.65. The molecule has 0 saturated heterocycles. The summed E-state index contributed by atoms with van der Waals surface area (Å²) in [6.07, 6.45) is 5.50. The third-order valence-corrected chi connectivity index (χ3v) is 5.13. The van der Waals surface area contributed by atoms with Gasteiger partial charge in [-0.3, -0.25) is 4.79 Å². The van der Waals surface area contributed by atoms with E-state index in [0.29, 0.717) is 11.4 Å². The molecule has 0 bridgehead atoms. The lowest BCUT2D eigenvalue weighted by Crippen LogP contribution is -2.35. The molecule has 2 aromatic rings. The van der Waals surface area contributed by atoms with E-state index in [9.17, 15) is 13.2 Å². The normalized spacial score (nSPS) is 15.5. The zero-order valence-electron chi connectivity index (χ0n) is 13.3. The van der Waals surface area contributed by atoms with Crippen LogP contribution in [0.2, 0.25) is 0 Å². The summed E-state index contributed by atoms with van der Waals surface area (Å²) in [7, 11) is -3.24. The summed E-state index contributed by atoms with van der Waals surface area (Å²) < 4.78 is 22.9. The molecular weight excluding hydrogens is 330 g/mol. The average Bonchev–Trinajstić information content (AvgIpc) is 3.18. The second-order valence-corrected chi connectivity index (χ2v) is 8.00. The highest BCUT2D eigenvalue weighted by atomic mass is 32.2. The Kier molecular flexibility index (Phi) is 4.61. The van der Waals surface area contributed by atoms with E-state index in [-0.39, 0.29) is 23.4 Å². The number of hydrogen-bond acceptors (Lipinski definition) is 6. The van der Waals surface area contributed by atoms with E-state index in [1.807, 2.05) is 0 Å². The summed E-state index contributed by atoms with van der Waals surface area (Å²) in [5.74, 6) is 0.224. The molecule has 9 heteroatoms. The average molecular weight is 349 g/mol. The van der Waals surface area contributed by atoms with Crippen LogP contribution in [0.15, 0.2) is 29.2 Å². The summed E-state index contributed by atoms with van der Waals surface area (Å²) in [5, 5.41) is 14.9. The molecule has 1 amide bonds. The van der Waals surface area contributed by atoms with Crippen molar-refractivity contribution in [2.24, 2.45) is 0 Å². The standard InChI is InChI=1S/C15H19N5O3S/c1-24(22,23)13-8-6-11(7-9-13)15-17-19-20(18-15)10-14(21)16-12-4-2-3-5-12/h6-9,12H,2-5,10H2,1H3,(H,16,21). The van der Waals surface area contributed by atoms with Crippen molar-refractivity contribution < 1.29 is 13.2 Å². The number of nitrogens with one attached hydrogen (secondary N) is 1. The lowest BCUT2D eigenvalue weighted by molar-refractivity contribution is -0.122. The fourth-order valence-electron chi connectivity index (χ4n) is 2.75. The highest BCUT2D eigenvalue weighted by Gasteiger charge is 2.18. The van der Waals surface area contributed by atoms with Gasteiger partial charge in [0.2, 0.25) is 11.7 Å². The van der Waals surface area contributed by atoms with Crippen LogP contribution in [0.5, 0.6) is 0 Å². The maximum absolute atomic E-state index is 12.0. The van der Waals surface area contributed by atoms with E-state index < -0.39 is 9.84 Å². The Labute approximate surface area is 140 Å². The van der Waals surface area contributed by atoms with Gasteiger partial charge in [0, 0.05) is 17.9 Å². The van der Waals surface area contributed by atoms with E-state index in [1.165, 1.54) is 16.9 Å². The lowest BCUT2D eigenvalue weighted by Gasteiger charge is -2.10. The molecule has 128 valence electrons. The Morgan fingerprint density at radius 2 is 1.92 bits per heavy atom. The van der Waals surface area contributed by atoms with Gasteiger partial charge in [0.05, 0.1) is 4.90 Å². The molecule has 0 aliphatic heterocycles. The molecule has 1 aromatic carbocycles. The van der Waals surface area contributed by atoms with Crippen LogP contribution in [0.3, 0.4) is 0 Å². The number of sulfone groups is 1. The van der Waals surface area contributed by atoms with Gasteiger partial charge in [0.1, 0.15) is 6.54 Å². The van der Waals surface area contributed by atoms with Gasteiger partial charge < -0.3 is 5.32 Å². The smallest absolute Gasteiger partial charge is 0.243 e. The first-order valence-corrected chi connectivity index (χ1v) is 9.68. The van der Waals surface area contributed by atoms with E-state index in [2.05, 4.69) is 20.7 Å². The van der Waals surface area contributed by atoms with Gasteiger partial charge in [-0.2, -0.15) is 4.80 Å². The van der Waals surface area contributed by atoms with Crippen molar-refractivity contribution in [1.29, 1.82) is 0 Å². The number of tetrazole rings is 1. The molecule has 24 heavy (non-hydrogen) atoms. The van der Waals surface area contributed by atoms with Gasteiger partial charge in [0.15, 0.2) is 9.84 Å². The number of hydrogen-bond donors (Lipinski definition) is 1. The van der Waals surface area contributed by atoms with Gasteiger partial charge >= 0.3 is 0 Å². The van der Waals surface area contributed by atoms with Gasteiger partial charge in [0.25, 0.3) is 0 Å². The van der Waals surface area contributed by atoms with E-state index in [4.69, 9.17) is 0 Å². The maximum Gasteiger partial charge on any atom is 0.243 e. The molecule has 0 radical (unpaired) electrons. The Hall–Kier alpha value is -2.29. The molecule has 1 heterocycles. The minimum absolute atomic E-state index is 0.0188. The summed E-state index contributed by atoms with van der Waals surface area (Å²) >= 11 is 0. The first-order valence-electron chi connectivity index (χ1n) is 7.79. The molecule has 3 rings (SSSR count).